The first kappa shape index (κ1) is 14.9. The Bertz CT molecular complexity index is 370. The van der Waals surface area contributed by atoms with Crippen LogP contribution in [0.4, 0.5) is 5.69 Å². The summed E-state index contributed by atoms with van der Waals surface area (Å²) in [6.07, 6.45) is 7.81. The smallest absolute Gasteiger partial charge is 0.0371 e. The van der Waals surface area contributed by atoms with Gasteiger partial charge in [0.1, 0.15) is 0 Å². The molecule has 1 aromatic carbocycles. The molecule has 3 heteroatoms. The van der Waals surface area contributed by atoms with Crippen LogP contribution >= 0.6 is 0 Å². The van der Waals surface area contributed by atoms with Crippen molar-refractivity contribution in [3.05, 3.63) is 30.3 Å². The van der Waals surface area contributed by atoms with E-state index in [4.69, 9.17) is 0 Å². The van der Waals surface area contributed by atoms with Crippen LogP contribution in [-0.2, 0) is 0 Å². The number of hydrogen-bond acceptors (Lipinski definition) is 3. The molecule has 1 aromatic rings. The van der Waals surface area contributed by atoms with Gasteiger partial charge < -0.3 is 15.5 Å². The molecule has 0 saturated carbocycles. The molecule has 3 rings (SSSR count). The minimum absolute atomic E-state index is 0.700. The quantitative estimate of drug-likeness (QED) is 0.895. The fourth-order valence-corrected chi connectivity index (χ4v) is 3.88. The van der Waals surface area contributed by atoms with Crippen molar-refractivity contribution in [2.24, 2.45) is 0 Å². The molecule has 3 nitrogen and oxygen atoms in total. The Morgan fingerprint density at radius 1 is 0.714 bits per heavy atom. The van der Waals surface area contributed by atoms with E-state index in [0.717, 1.165) is 0 Å². The van der Waals surface area contributed by atoms with Gasteiger partial charge in [0.05, 0.1) is 0 Å². The minimum Gasteiger partial charge on any atom is -0.365 e. The molecule has 2 aliphatic rings. The zero-order chi connectivity index (χ0) is 14.3. The van der Waals surface area contributed by atoms with Crippen molar-refractivity contribution >= 4 is 5.69 Å². The first-order chi connectivity index (χ1) is 10.4. The van der Waals surface area contributed by atoms with Gasteiger partial charge >= 0.3 is 0 Å². The molecule has 2 atom stereocenters. The van der Waals surface area contributed by atoms with Crippen molar-refractivity contribution < 1.29 is 0 Å². The summed E-state index contributed by atoms with van der Waals surface area (Å²) in [5.74, 6) is 0. The lowest BCUT2D eigenvalue weighted by Crippen LogP contribution is -2.44. The Morgan fingerprint density at radius 2 is 1.29 bits per heavy atom. The second kappa shape index (κ2) is 7.81. The summed E-state index contributed by atoms with van der Waals surface area (Å²) in [7, 11) is 0. The Hall–Kier alpha value is -1.06. The number of rotatable bonds is 3. The molecule has 2 unspecified atom stereocenters. The van der Waals surface area contributed by atoms with Gasteiger partial charge in [-0.2, -0.15) is 0 Å². The molecule has 0 bridgehead atoms. The standard InChI is InChI=1S/C18H29N3/c1-2-6-16(7-3-1)21(17-8-4-12-19-14-10-17)18-9-5-13-20-15-11-18/h1-3,6-7,17-20H,4-5,8-15H2. The first-order valence-corrected chi connectivity index (χ1v) is 8.70. The van der Waals surface area contributed by atoms with E-state index in [-0.39, 0.29) is 0 Å². The van der Waals surface area contributed by atoms with Crippen LogP contribution in [0.2, 0.25) is 0 Å². The summed E-state index contributed by atoms with van der Waals surface area (Å²) >= 11 is 0. The highest BCUT2D eigenvalue weighted by molar-refractivity contribution is 5.48. The molecule has 2 heterocycles. The number of nitrogens with zero attached hydrogens (tertiary/aromatic N) is 1. The van der Waals surface area contributed by atoms with Crippen LogP contribution in [0, 0.1) is 0 Å². The van der Waals surface area contributed by atoms with Crippen molar-refractivity contribution in [1.29, 1.82) is 0 Å². The fourth-order valence-electron chi connectivity index (χ4n) is 3.88. The van der Waals surface area contributed by atoms with Crippen LogP contribution in [0.25, 0.3) is 0 Å². The summed E-state index contributed by atoms with van der Waals surface area (Å²) in [5.41, 5.74) is 1.43. The SMILES string of the molecule is c1ccc(N(C2CCCNCC2)C2CCCNCC2)cc1. The highest BCUT2D eigenvalue weighted by Gasteiger charge is 2.27. The molecule has 21 heavy (non-hydrogen) atoms. The molecule has 2 N–H and O–H groups in total. The van der Waals surface area contributed by atoms with Gasteiger partial charge in [0.15, 0.2) is 0 Å². The lowest BCUT2D eigenvalue weighted by atomic mass is 9.99. The van der Waals surface area contributed by atoms with E-state index in [1.807, 2.05) is 0 Å². The highest BCUT2D eigenvalue weighted by atomic mass is 15.2. The summed E-state index contributed by atoms with van der Waals surface area (Å²) in [4.78, 5) is 2.76. The van der Waals surface area contributed by atoms with E-state index in [0.29, 0.717) is 12.1 Å². The van der Waals surface area contributed by atoms with Crippen LogP contribution in [0.15, 0.2) is 30.3 Å². The summed E-state index contributed by atoms with van der Waals surface area (Å²) in [5, 5.41) is 7.12. The van der Waals surface area contributed by atoms with Crippen molar-refractivity contribution in [1.82, 2.24) is 10.6 Å². The van der Waals surface area contributed by atoms with Crippen molar-refractivity contribution in [2.75, 3.05) is 31.1 Å². The summed E-state index contributed by atoms with van der Waals surface area (Å²) in [6.45, 7) is 4.70. The minimum atomic E-state index is 0.700. The average molecular weight is 287 g/mol. The van der Waals surface area contributed by atoms with E-state index in [2.05, 4.69) is 45.9 Å². The number of nitrogens with one attached hydrogen (secondary N) is 2. The first-order valence-electron chi connectivity index (χ1n) is 8.70. The monoisotopic (exact) mass is 287 g/mol. The maximum absolute atomic E-state index is 3.56. The number of anilines is 1. The van der Waals surface area contributed by atoms with Gasteiger partial charge in [0.2, 0.25) is 0 Å². The van der Waals surface area contributed by atoms with Gasteiger partial charge in [-0.3, -0.25) is 0 Å². The van der Waals surface area contributed by atoms with Crippen LogP contribution < -0.4 is 15.5 Å². The Kier molecular flexibility index (Phi) is 5.53. The molecule has 2 fully saturated rings. The zero-order valence-electron chi connectivity index (χ0n) is 13.1. The Balaban J connectivity index is 1.82. The van der Waals surface area contributed by atoms with E-state index in [1.54, 1.807) is 0 Å². The number of para-hydroxylation sites is 1. The van der Waals surface area contributed by atoms with Crippen molar-refractivity contribution in [3.8, 4) is 0 Å². The summed E-state index contributed by atoms with van der Waals surface area (Å²) in [6, 6.07) is 12.5. The summed E-state index contributed by atoms with van der Waals surface area (Å²) < 4.78 is 0. The Labute approximate surface area is 129 Å². The van der Waals surface area contributed by atoms with Crippen molar-refractivity contribution in [3.63, 3.8) is 0 Å². The number of benzene rings is 1. The van der Waals surface area contributed by atoms with Crippen LogP contribution in [0.5, 0.6) is 0 Å². The molecule has 116 valence electrons. The normalized spacial score (nSPS) is 27.6. The van der Waals surface area contributed by atoms with Gasteiger partial charge in [0, 0.05) is 17.8 Å². The molecular formula is C18H29N3. The van der Waals surface area contributed by atoms with Crippen molar-refractivity contribution in [2.45, 2.75) is 50.6 Å². The third kappa shape index (κ3) is 3.98. The van der Waals surface area contributed by atoms with E-state index in [1.165, 1.54) is 70.4 Å². The molecule has 0 aliphatic carbocycles. The van der Waals surface area contributed by atoms with Gasteiger partial charge in [-0.05, 0) is 76.8 Å². The highest BCUT2D eigenvalue weighted by Crippen LogP contribution is 2.28. The second-order valence-corrected chi connectivity index (χ2v) is 6.41. The average Bonchev–Trinajstić information content (AvgIpc) is 2.94. The number of hydrogen-bond donors (Lipinski definition) is 2. The lowest BCUT2D eigenvalue weighted by Gasteiger charge is -2.40. The topological polar surface area (TPSA) is 27.3 Å². The van der Waals surface area contributed by atoms with Gasteiger partial charge in [-0.1, -0.05) is 18.2 Å². The largest absolute Gasteiger partial charge is 0.365 e. The van der Waals surface area contributed by atoms with Gasteiger partial charge in [-0.15, -0.1) is 0 Å². The third-order valence-corrected chi connectivity index (χ3v) is 4.93. The lowest BCUT2D eigenvalue weighted by molar-refractivity contribution is 0.443. The Morgan fingerprint density at radius 3 is 1.86 bits per heavy atom. The van der Waals surface area contributed by atoms with E-state index < -0.39 is 0 Å². The second-order valence-electron chi connectivity index (χ2n) is 6.41. The fraction of sp³-hybridized carbons (Fsp3) is 0.667. The van der Waals surface area contributed by atoms with Gasteiger partial charge in [0.25, 0.3) is 0 Å². The molecule has 0 amide bonds. The van der Waals surface area contributed by atoms with Crippen LogP contribution in [-0.4, -0.2) is 38.3 Å². The predicted molar refractivity (Wildman–Crippen MR) is 89.9 cm³/mol. The maximum atomic E-state index is 3.56. The van der Waals surface area contributed by atoms with Crippen LogP contribution in [0.3, 0.4) is 0 Å². The molecule has 2 saturated heterocycles. The molecule has 2 aliphatic heterocycles. The molecule has 0 radical (unpaired) electrons. The maximum Gasteiger partial charge on any atom is 0.0371 e. The predicted octanol–water partition coefficient (Wildman–Crippen LogP) is 2.78. The molecular weight excluding hydrogens is 258 g/mol. The molecule has 0 aromatic heterocycles. The molecule has 0 spiro atoms. The van der Waals surface area contributed by atoms with Crippen LogP contribution in [0.1, 0.15) is 38.5 Å². The van der Waals surface area contributed by atoms with E-state index in [9.17, 15) is 0 Å². The third-order valence-electron chi connectivity index (χ3n) is 4.93. The zero-order valence-corrected chi connectivity index (χ0v) is 13.1. The van der Waals surface area contributed by atoms with E-state index >= 15 is 0 Å². The van der Waals surface area contributed by atoms with Gasteiger partial charge in [-0.25, -0.2) is 0 Å².